The van der Waals surface area contributed by atoms with Crippen LogP contribution < -0.4 is 4.90 Å². The van der Waals surface area contributed by atoms with Gasteiger partial charge in [0.2, 0.25) is 5.88 Å². The Hall–Kier alpha value is -3.85. The molecule has 0 aliphatic heterocycles. The van der Waals surface area contributed by atoms with E-state index in [2.05, 4.69) is 16.2 Å². The minimum atomic E-state index is -0.188. The van der Waals surface area contributed by atoms with E-state index in [1.54, 1.807) is 6.07 Å². The van der Waals surface area contributed by atoms with E-state index in [4.69, 9.17) is 0 Å². The molecular formula is C21H17N5O. The number of rotatable bonds is 4. The lowest BCUT2D eigenvalue weighted by Gasteiger charge is -2.21. The summed E-state index contributed by atoms with van der Waals surface area (Å²) in [6, 6.07) is 23.4. The summed E-state index contributed by atoms with van der Waals surface area (Å²) in [6.45, 7) is 1.93. The fraction of sp³-hybridized carbons (Fsp3) is 0.0952. The number of hydrogen-bond donors (Lipinski definition) is 1. The van der Waals surface area contributed by atoms with Crippen LogP contribution >= 0.6 is 0 Å². The summed E-state index contributed by atoms with van der Waals surface area (Å²) in [6.07, 6.45) is 0.621. The van der Waals surface area contributed by atoms with Gasteiger partial charge >= 0.3 is 0 Å². The topological polar surface area (TPSA) is 77.5 Å². The van der Waals surface area contributed by atoms with Crippen LogP contribution in [0.25, 0.3) is 5.65 Å². The van der Waals surface area contributed by atoms with Crippen LogP contribution in [-0.4, -0.2) is 19.7 Å². The van der Waals surface area contributed by atoms with E-state index in [1.165, 1.54) is 4.52 Å². The predicted molar refractivity (Wildman–Crippen MR) is 103 cm³/mol. The van der Waals surface area contributed by atoms with E-state index in [0.717, 1.165) is 16.9 Å². The van der Waals surface area contributed by atoms with Crippen LogP contribution in [0, 0.1) is 11.3 Å². The van der Waals surface area contributed by atoms with Gasteiger partial charge in [0.1, 0.15) is 11.6 Å². The van der Waals surface area contributed by atoms with Crippen molar-refractivity contribution >= 4 is 23.0 Å². The highest BCUT2D eigenvalue weighted by Crippen LogP contribution is 2.33. The molecule has 4 aromatic rings. The lowest BCUT2D eigenvalue weighted by atomic mass is 10.1. The molecule has 0 radical (unpaired) electrons. The van der Waals surface area contributed by atoms with Gasteiger partial charge in [0.25, 0.3) is 5.95 Å². The third kappa shape index (κ3) is 2.85. The molecule has 0 unspecified atom stereocenters. The summed E-state index contributed by atoms with van der Waals surface area (Å²) >= 11 is 0. The summed E-state index contributed by atoms with van der Waals surface area (Å²) < 4.78 is 1.31. The van der Waals surface area contributed by atoms with Crippen molar-refractivity contribution in [2.24, 2.45) is 0 Å². The van der Waals surface area contributed by atoms with E-state index in [1.807, 2.05) is 72.5 Å². The summed E-state index contributed by atoms with van der Waals surface area (Å²) in [5.41, 5.74) is 3.26. The highest BCUT2D eigenvalue weighted by atomic mass is 16.3. The number of pyridine rings is 1. The minimum Gasteiger partial charge on any atom is -0.492 e. The van der Waals surface area contributed by atoms with Crippen molar-refractivity contribution in [2.45, 2.75) is 13.3 Å². The zero-order chi connectivity index (χ0) is 18.8. The fourth-order valence-electron chi connectivity index (χ4n) is 3.07. The quantitative estimate of drug-likeness (QED) is 0.589. The third-order valence-electron chi connectivity index (χ3n) is 4.39. The van der Waals surface area contributed by atoms with Gasteiger partial charge in [-0.2, -0.15) is 14.8 Å². The molecule has 0 fully saturated rings. The number of para-hydroxylation sites is 2. The molecule has 1 N–H and O–H groups in total. The molecule has 0 spiro atoms. The minimum absolute atomic E-state index is 0.188. The van der Waals surface area contributed by atoms with Gasteiger partial charge in [-0.15, -0.1) is 5.10 Å². The van der Waals surface area contributed by atoms with Crippen LogP contribution in [-0.2, 0) is 6.42 Å². The molecule has 2 heterocycles. The first-order valence-electron chi connectivity index (χ1n) is 8.65. The Bertz CT molecular complexity index is 1090. The van der Waals surface area contributed by atoms with Crippen LogP contribution in [0.1, 0.15) is 18.1 Å². The summed E-state index contributed by atoms with van der Waals surface area (Å²) in [4.78, 5) is 6.53. The average Bonchev–Trinajstić information content (AvgIpc) is 3.13. The lowest BCUT2D eigenvalue weighted by molar-refractivity contribution is 0.434. The molecule has 0 saturated carbocycles. The molecule has 0 saturated heterocycles. The van der Waals surface area contributed by atoms with Gasteiger partial charge in [0.05, 0.1) is 0 Å². The number of fused-ring (bicyclic) bond motifs is 1. The van der Waals surface area contributed by atoms with Crippen LogP contribution in [0.2, 0.25) is 0 Å². The Labute approximate surface area is 156 Å². The Morgan fingerprint density at radius 1 is 1.04 bits per heavy atom. The van der Waals surface area contributed by atoms with Gasteiger partial charge in [-0.1, -0.05) is 43.3 Å². The zero-order valence-corrected chi connectivity index (χ0v) is 14.7. The first-order chi connectivity index (χ1) is 13.2. The predicted octanol–water partition coefficient (Wildman–Crippen LogP) is 4.34. The number of aromatic nitrogens is 3. The monoisotopic (exact) mass is 355 g/mol. The smallest absolute Gasteiger partial charge is 0.254 e. The standard InChI is InChI=1S/C21H17N5O/c1-2-15-13-19-23-21(24-26(19)20(27)18(15)14-22)25(16-9-5-3-6-10-16)17-11-7-4-8-12-17/h3-13,27H,2H2,1H3. The molecule has 6 nitrogen and oxygen atoms in total. The number of anilines is 3. The van der Waals surface area contributed by atoms with Gasteiger partial charge in [0, 0.05) is 11.4 Å². The molecule has 0 atom stereocenters. The summed E-state index contributed by atoms with van der Waals surface area (Å²) in [5, 5.41) is 24.4. The number of benzene rings is 2. The van der Waals surface area contributed by atoms with Crippen molar-refractivity contribution in [1.82, 2.24) is 14.6 Å². The average molecular weight is 355 g/mol. The maximum atomic E-state index is 10.5. The van der Waals surface area contributed by atoms with E-state index in [0.29, 0.717) is 18.0 Å². The third-order valence-corrected chi connectivity index (χ3v) is 4.39. The summed E-state index contributed by atoms with van der Waals surface area (Å²) in [7, 11) is 0. The Morgan fingerprint density at radius 3 is 2.15 bits per heavy atom. The van der Waals surface area contributed by atoms with E-state index in [-0.39, 0.29) is 11.4 Å². The number of nitrogens with zero attached hydrogens (tertiary/aromatic N) is 5. The highest BCUT2D eigenvalue weighted by molar-refractivity contribution is 5.73. The number of hydrogen-bond acceptors (Lipinski definition) is 5. The SMILES string of the molecule is CCc1cc2nc(N(c3ccccc3)c3ccccc3)nn2c(O)c1C#N. The molecule has 4 rings (SSSR count). The Kier molecular flexibility index (Phi) is 4.19. The van der Waals surface area contributed by atoms with Crippen molar-refractivity contribution in [1.29, 1.82) is 5.26 Å². The molecule has 0 bridgehead atoms. The van der Waals surface area contributed by atoms with Crippen LogP contribution in [0.15, 0.2) is 66.7 Å². The maximum Gasteiger partial charge on any atom is 0.254 e. The van der Waals surface area contributed by atoms with Gasteiger partial charge < -0.3 is 5.11 Å². The molecule has 0 aliphatic carbocycles. The Morgan fingerprint density at radius 2 is 1.63 bits per heavy atom. The van der Waals surface area contributed by atoms with Crippen molar-refractivity contribution in [3.63, 3.8) is 0 Å². The molecular weight excluding hydrogens is 338 g/mol. The normalized spacial score (nSPS) is 10.7. The largest absolute Gasteiger partial charge is 0.492 e. The van der Waals surface area contributed by atoms with Crippen molar-refractivity contribution in [2.75, 3.05) is 4.90 Å². The van der Waals surface area contributed by atoms with E-state index >= 15 is 0 Å². The molecule has 6 heteroatoms. The Balaban J connectivity index is 1.95. The van der Waals surface area contributed by atoms with E-state index in [9.17, 15) is 10.4 Å². The zero-order valence-electron chi connectivity index (χ0n) is 14.7. The maximum absolute atomic E-state index is 10.5. The number of nitriles is 1. The molecule has 2 aromatic carbocycles. The number of aryl methyl sites for hydroxylation is 1. The number of aromatic hydroxyl groups is 1. The molecule has 2 aromatic heterocycles. The van der Waals surface area contributed by atoms with Crippen LogP contribution in [0.5, 0.6) is 5.88 Å². The van der Waals surface area contributed by atoms with Gasteiger partial charge in [-0.3, -0.25) is 4.90 Å². The van der Waals surface area contributed by atoms with Crippen molar-refractivity contribution < 1.29 is 5.11 Å². The second kappa shape index (κ2) is 6.81. The van der Waals surface area contributed by atoms with Crippen molar-refractivity contribution in [3.05, 3.63) is 77.9 Å². The van der Waals surface area contributed by atoms with Crippen LogP contribution in [0.4, 0.5) is 17.3 Å². The van der Waals surface area contributed by atoms with Crippen molar-refractivity contribution in [3.8, 4) is 11.9 Å². The van der Waals surface area contributed by atoms with Gasteiger partial charge in [-0.05, 0) is 42.3 Å². The second-order valence-electron chi connectivity index (χ2n) is 6.02. The second-order valence-corrected chi connectivity index (χ2v) is 6.02. The first-order valence-corrected chi connectivity index (χ1v) is 8.65. The highest BCUT2D eigenvalue weighted by Gasteiger charge is 2.20. The molecule has 132 valence electrons. The van der Waals surface area contributed by atoms with Crippen LogP contribution in [0.3, 0.4) is 0 Å². The molecule has 0 aliphatic rings. The molecule has 27 heavy (non-hydrogen) atoms. The van der Waals surface area contributed by atoms with Gasteiger partial charge in [0.15, 0.2) is 5.65 Å². The fourth-order valence-corrected chi connectivity index (χ4v) is 3.07. The lowest BCUT2D eigenvalue weighted by Crippen LogP contribution is -2.11. The first kappa shape index (κ1) is 16.6. The molecule has 0 amide bonds. The van der Waals surface area contributed by atoms with E-state index < -0.39 is 0 Å². The summed E-state index contributed by atoms with van der Waals surface area (Å²) in [5.74, 6) is 0.228. The van der Waals surface area contributed by atoms with Gasteiger partial charge in [-0.25, -0.2) is 0 Å².